The molecule has 1 aromatic heterocycles. The van der Waals surface area contributed by atoms with Crippen LogP contribution in [0.4, 0.5) is 6.01 Å². The monoisotopic (exact) mass is 288 g/mol. The number of benzene rings is 1. The second kappa shape index (κ2) is 6.69. The van der Waals surface area contributed by atoms with Crippen LogP contribution in [0.1, 0.15) is 23.8 Å². The lowest BCUT2D eigenvalue weighted by molar-refractivity contribution is 0.198. The van der Waals surface area contributed by atoms with E-state index in [0.29, 0.717) is 37.0 Å². The van der Waals surface area contributed by atoms with E-state index >= 15 is 0 Å². The van der Waals surface area contributed by atoms with Crippen LogP contribution < -0.4 is 10.6 Å². The summed E-state index contributed by atoms with van der Waals surface area (Å²) in [4.78, 5) is 0. The molecule has 112 valence electrons. The number of hydrogen-bond acceptors (Lipinski definition) is 6. The van der Waals surface area contributed by atoms with E-state index in [0.717, 1.165) is 13.0 Å². The first-order chi connectivity index (χ1) is 10.4. The van der Waals surface area contributed by atoms with Gasteiger partial charge in [-0.05, 0) is 12.0 Å². The summed E-state index contributed by atoms with van der Waals surface area (Å²) < 4.78 is 10.5. The molecule has 1 saturated carbocycles. The lowest BCUT2D eigenvalue weighted by atomic mass is 10.1. The van der Waals surface area contributed by atoms with Crippen LogP contribution in [-0.4, -0.2) is 36.5 Å². The molecule has 2 aromatic rings. The molecule has 0 spiro atoms. The van der Waals surface area contributed by atoms with Crippen molar-refractivity contribution < 1.29 is 9.15 Å². The van der Waals surface area contributed by atoms with Crippen molar-refractivity contribution in [3.8, 4) is 0 Å². The topological polar surface area (TPSA) is 72.2 Å². The highest BCUT2D eigenvalue weighted by Crippen LogP contribution is 2.42. The molecule has 21 heavy (non-hydrogen) atoms. The van der Waals surface area contributed by atoms with Gasteiger partial charge in [0.25, 0.3) is 0 Å². The maximum atomic E-state index is 5.56. The second-order valence-electron chi connectivity index (χ2n) is 5.17. The predicted molar refractivity (Wildman–Crippen MR) is 79.1 cm³/mol. The van der Waals surface area contributed by atoms with Gasteiger partial charge in [-0.15, -0.1) is 5.10 Å². The van der Waals surface area contributed by atoms with Gasteiger partial charge in [-0.1, -0.05) is 35.4 Å². The van der Waals surface area contributed by atoms with Crippen molar-refractivity contribution in [2.45, 2.75) is 24.9 Å². The molecule has 0 radical (unpaired) electrons. The highest BCUT2D eigenvalue weighted by molar-refractivity contribution is 5.35. The van der Waals surface area contributed by atoms with Crippen molar-refractivity contribution >= 4 is 6.01 Å². The van der Waals surface area contributed by atoms with Crippen LogP contribution in [0, 0.1) is 0 Å². The standard InChI is InChI=1S/C15H20N4O2/c1-20-8-7-16-10-14-18-19-15(21-14)17-13-9-12(13)11-5-3-2-4-6-11/h2-6,12-13,16H,7-10H2,1H3,(H,17,19). The largest absolute Gasteiger partial charge is 0.407 e. The first-order valence-corrected chi connectivity index (χ1v) is 7.20. The number of nitrogens with one attached hydrogen (secondary N) is 2. The third kappa shape index (κ3) is 3.80. The first-order valence-electron chi connectivity index (χ1n) is 7.20. The molecule has 6 nitrogen and oxygen atoms in total. The predicted octanol–water partition coefficient (Wildman–Crippen LogP) is 1.77. The fourth-order valence-corrected chi connectivity index (χ4v) is 2.33. The lowest BCUT2D eigenvalue weighted by Crippen LogP contribution is -2.18. The molecule has 1 fully saturated rings. The molecule has 2 unspecified atom stereocenters. The van der Waals surface area contributed by atoms with Crippen LogP contribution in [-0.2, 0) is 11.3 Å². The summed E-state index contributed by atoms with van der Waals surface area (Å²) in [6.45, 7) is 1.99. The minimum atomic E-state index is 0.391. The fraction of sp³-hybridized carbons (Fsp3) is 0.467. The lowest BCUT2D eigenvalue weighted by Gasteiger charge is -2.01. The van der Waals surface area contributed by atoms with Gasteiger partial charge < -0.3 is 19.8 Å². The SMILES string of the molecule is COCCNCc1nnc(NC2CC2c2ccccc2)o1. The molecule has 3 rings (SSSR count). The van der Waals surface area contributed by atoms with Crippen molar-refractivity contribution in [1.82, 2.24) is 15.5 Å². The van der Waals surface area contributed by atoms with Gasteiger partial charge in [-0.2, -0.15) is 0 Å². The maximum absolute atomic E-state index is 5.56. The van der Waals surface area contributed by atoms with E-state index in [2.05, 4.69) is 45.1 Å². The van der Waals surface area contributed by atoms with Crippen LogP contribution in [0.2, 0.25) is 0 Å². The molecule has 0 bridgehead atoms. The van der Waals surface area contributed by atoms with Gasteiger partial charge in [0.1, 0.15) is 0 Å². The first kappa shape index (κ1) is 14.0. The Kier molecular flexibility index (Phi) is 4.47. The van der Waals surface area contributed by atoms with Crippen LogP contribution in [0.3, 0.4) is 0 Å². The maximum Gasteiger partial charge on any atom is 0.315 e. The Bertz CT molecular complexity index is 558. The molecule has 0 amide bonds. The van der Waals surface area contributed by atoms with Gasteiger partial charge in [0.2, 0.25) is 5.89 Å². The third-order valence-electron chi connectivity index (χ3n) is 3.55. The Balaban J connectivity index is 1.46. The zero-order valence-corrected chi connectivity index (χ0v) is 12.1. The van der Waals surface area contributed by atoms with Gasteiger partial charge in [-0.3, -0.25) is 0 Å². The molecule has 6 heteroatoms. The van der Waals surface area contributed by atoms with Crippen LogP contribution >= 0.6 is 0 Å². The van der Waals surface area contributed by atoms with E-state index in [4.69, 9.17) is 9.15 Å². The molecule has 1 aliphatic rings. The summed E-state index contributed by atoms with van der Waals surface area (Å²) in [7, 11) is 1.68. The number of nitrogens with zero attached hydrogens (tertiary/aromatic N) is 2. The minimum Gasteiger partial charge on any atom is -0.407 e. The van der Waals surface area contributed by atoms with Crippen molar-refractivity contribution in [3.05, 3.63) is 41.8 Å². The quantitative estimate of drug-likeness (QED) is 0.721. The van der Waals surface area contributed by atoms with Crippen molar-refractivity contribution in [1.29, 1.82) is 0 Å². The summed E-state index contributed by atoms with van der Waals surface area (Å²) in [5.41, 5.74) is 1.36. The van der Waals surface area contributed by atoms with Crippen LogP contribution in [0.5, 0.6) is 0 Å². The van der Waals surface area contributed by atoms with E-state index in [9.17, 15) is 0 Å². The Morgan fingerprint density at radius 1 is 1.29 bits per heavy atom. The Morgan fingerprint density at radius 3 is 2.95 bits per heavy atom. The molecule has 1 heterocycles. The zero-order chi connectivity index (χ0) is 14.5. The highest BCUT2D eigenvalue weighted by Gasteiger charge is 2.39. The Labute approximate surface area is 123 Å². The number of hydrogen-bond donors (Lipinski definition) is 2. The minimum absolute atomic E-state index is 0.391. The average Bonchev–Trinajstić information content (AvgIpc) is 3.14. The van der Waals surface area contributed by atoms with Gasteiger partial charge in [0.05, 0.1) is 13.2 Å². The Hall–Kier alpha value is -1.92. The van der Waals surface area contributed by atoms with Crippen molar-refractivity contribution in [2.75, 3.05) is 25.6 Å². The molecular weight excluding hydrogens is 268 g/mol. The van der Waals surface area contributed by atoms with Gasteiger partial charge in [0.15, 0.2) is 0 Å². The summed E-state index contributed by atoms with van der Waals surface area (Å²) in [6.07, 6.45) is 1.10. The second-order valence-corrected chi connectivity index (χ2v) is 5.17. The normalized spacial score (nSPS) is 20.4. The summed E-state index contributed by atoms with van der Waals surface area (Å²) in [6, 6.07) is 11.4. The van der Waals surface area contributed by atoms with Gasteiger partial charge >= 0.3 is 6.01 Å². The number of ether oxygens (including phenoxy) is 1. The average molecular weight is 288 g/mol. The summed E-state index contributed by atoms with van der Waals surface area (Å²) >= 11 is 0. The number of aromatic nitrogens is 2. The fourth-order valence-electron chi connectivity index (χ4n) is 2.33. The van der Waals surface area contributed by atoms with E-state index in [1.165, 1.54) is 5.56 Å². The van der Waals surface area contributed by atoms with Gasteiger partial charge in [-0.25, -0.2) is 0 Å². The molecule has 2 atom stereocenters. The van der Waals surface area contributed by atoms with E-state index in [-0.39, 0.29) is 0 Å². The number of anilines is 1. The van der Waals surface area contributed by atoms with E-state index in [1.807, 2.05) is 6.07 Å². The molecule has 0 aliphatic heterocycles. The molecule has 2 N–H and O–H groups in total. The van der Waals surface area contributed by atoms with Crippen molar-refractivity contribution in [2.24, 2.45) is 0 Å². The molecule has 1 aromatic carbocycles. The van der Waals surface area contributed by atoms with Crippen molar-refractivity contribution in [3.63, 3.8) is 0 Å². The van der Waals surface area contributed by atoms with E-state index in [1.54, 1.807) is 7.11 Å². The number of rotatable bonds is 8. The highest BCUT2D eigenvalue weighted by atomic mass is 16.5. The smallest absolute Gasteiger partial charge is 0.315 e. The van der Waals surface area contributed by atoms with Crippen LogP contribution in [0.15, 0.2) is 34.7 Å². The third-order valence-corrected chi connectivity index (χ3v) is 3.55. The number of methoxy groups -OCH3 is 1. The molecule has 0 saturated heterocycles. The zero-order valence-electron chi connectivity index (χ0n) is 12.1. The molecular formula is C15H20N4O2. The summed E-state index contributed by atoms with van der Waals surface area (Å²) in [5, 5.41) is 14.5. The van der Waals surface area contributed by atoms with E-state index < -0.39 is 0 Å². The molecule has 1 aliphatic carbocycles. The summed E-state index contributed by atoms with van der Waals surface area (Å²) in [5.74, 6) is 1.13. The van der Waals surface area contributed by atoms with Crippen LogP contribution in [0.25, 0.3) is 0 Å². The Morgan fingerprint density at radius 2 is 2.14 bits per heavy atom. The van der Waals surface area contributed by atoms with Gasteiger partial charge in [0, 0.05) is 25.6 Å².